The van der Waals surface area contributed by atoms with Gasteiger partial charge in [0.25, 0.3) is 0 Å². The van der Waals surface area contributed by atoms with E-state index in [4.69, 9.17) is 10.5 Å². The van der Waals surface area contributed by atoms with Gasteiger partial charge in [-0.3, -0.25) is 4.79 Å². The molecule has 1 fully saturated rings. The molecule has 1 aliphatic rings. The summed E-state index contributed by atoms with van der Waals surface area (Å²) in [5, 5.41) is 0. The molecular formula is C14H19NO2. The SMILES string of the molecule is COc1ccc([C@@H](N)[C@H]2CCCCC2=O)cc1. The molecule has 3 nitrogen and oxygen atoms in total. The minimum absolute atomic E-state index is 0.00264. The first kappa shape index (κ1) is 12.1. The zero-order valence-electron chi connectivity index (χ0n) is 10.2. The van der Waals surface area contributed by atoms with E-state index in [9.17, 15) is 4.79 Å². The van der Waals surface area contributed by atoms with Gasteiger partial charge in [-0.15, -0.1) is 0 Å². The van der Waals surface area contributed by atoms with Crippen molar-refractivity contribution < 1.29 is 9.53 Å². The number of ether oxygens (including phenoxy) is 1. The van der Waals surface area contributed by atoms with Crippen molar-refractivity contribution >= 4 is 5.78 Å². The number of carbonyl (C=O) groups excluding carboxylic acids is 1. The quantitative estimate of drug-likeness (QED) is 0.872. The number of ketones is 1. The molecule has 1 aromatic rings. The van der Waals surface area contributed by atoms with Gasteiger partial charge in [-0.2, -0.15) is 0 Å². The molecule has 0 unspecified atom stereocenters. The van der Waals surface area contributed by atoms with Crippen LogP contribution < -0.4 is 10.5 Å². The Morgan fingerprint density at radius 3 is 2.59 bits per heavy atom. The predicted molar refractivity (Wildman–Crippen MR) is 66.9 cm³/mol. The number of Topliss-reactive ketones (excluding diaryl/α,β-unsaturated/α-hetero) is 1. The molecule has 1 saturated carbocycles. The first-order valence-corrected chi connectivity index (χ1v) is 6.14. The van der Waals surface area contributed by atoms with Crippen molar-refractivity contribution in [1.82, 2.24) is 0 Å². The van der Waals surface area contributed by atoms with Crippen LogP contribution in [-0.4, -0.2) is 12.9 Å². The van der Waals surface area contributed by atoms with E-state index in [2.05, 4.69) is 0 Å². The number of hydrogen-bond acceptors (Lipinski definition) is 3. The molecule has 17 heavy (non-hydrogen) atoms. The van der Waals surface area contributed by atoms with Crippen molar-refractivity contribution in [1.29, 1.82) is 0 Å². The van der Waals surface area contributed by atoms with Crippen LogP contribution in [0, 0.1) is 5.92 Å². The van der Waals surface area contributed by atoms with Gasteiger partial charge in [0.1, 0.15) is 11.5 Å². The summed E-state index contributed by atoms with van der Waals surface area (Å²) in [6.07, 6.45) is 3.74. The molecular weight excluding hydrogens is 214 g/mol. The summed E-state index contributed by atoms with van der Waals surface area (Å²) < 4.78 is 5.11. The number of benzene rings is 1. The molecule has 1 aromatic carbocycles. The number of methoxy groups -OCH3 is 1. The lowest BCUT2D eigenvalue weighted by atomic mass is 9.80. The fourth-order valence-corrected chi connectivity index (χ4v) is 2.45. The van der Waals surface area contributed by atoms with Crippen LogP contribution in [0.2, 0.25) is 0 Å². The highest BCUT2D eigenvalue weighted by Gasteiger charge is 2.28. The van der Waals surface area contributed by atoms with E-state index in [0.29, 0.717) is 12.2 Å². The smallest absolute Gasteiger partial charge is 0.137 e. The van der Waals surface area contributed by atoms with Gasteiger partial charge < -0.3 is 10.5 Å². The summed E-state index contributed by atoms with van der Waals surface area (Å²) in [4.78, 5) is 11.8. The van der Waals surface area contributed by atoms with Crippen LogP contribution >= 0.6 is 0 Å². The highest BCUT2D eigenvalue weighted by atomic mass is 16.5. The molecule has 0 saturated heterocycles. The van der Waals surface area contributed by atoms with Gasteiger partial charge in [0, 0.05) is 18.4 Å². The minimum Gasteiger partial charge on any atom is -0.497 e. The molecule has 0 heterocycles. The Balaban J connectivity index is 2.12. The molecule has 0 bridgehead atoms. The van der Waals surface area contributed by atoms with E-state index in [-0.39, 0.29) is 12.0 Å². The van der Waals surface area contributed by atoms with Crippen LogP contribution in [0.5, 0.6) is 5.75 Å². The largest absolute Gasteiger partial charge is 0.497 e. The summed E-state index contributed by atoms with van der Waals surface area (Å²) in [5.41, 5.74) is 7.21. The van der Waals surface area contributed by atoms with E-state index in [1.807, 2.05) is 24.3 Å². The highest BCUT2D eigenvalue weighted by molar-refractivity contribution is 5.82. The van der Waals surface area contributed by atoms with Crippen LogP contribution in [0.4, 0.5) is 0 Å². The summed E-state index contributed by atoms with van der Waals surface area (Å²) in [5.74, 6) is 1.13. The Morgan fingerprint density at radius 1 is 1.29 bits per heavy atom. The maximum absolute atomic E-state index is 11.8. The number of rotatable bonds is 3. The average molecular weight is 233 g/mol. The molecule has 2 N–H and O–H groups in total. The van der Waals surface area contributed by atoms with E-state index >= 15 is 0 Å². The molecule has 0 aliphatic heterocycles. The zero-order valence-corrected chi connectivity index (χ0v) is 10.2. The van der Waals surface area contributed by atoms with Crippen molar-refractivity contribution in [2.45, 2.75) is 31.7 Å². The Bertz CT molecular complexity index is 386. The van der Waals surface area contributed by atoms with Crippen LogP contribution in [0.1, 0.15) is 37.3 Å². The van der Waals surface area contributed by atoms with Gasteiger partial charge in [-0.25, -0.2) is 0 Å². The average Bonchev–Trinajstić information content (AvgIpc) is 2.39. The monoisotopic (exact) mass is 233 g/mol. The van der Waals surface area contributed by atoms with Crippen molar-refractivity contribution in [3.8, 4) is 5.75 Å². The molecule has 1 aliphatic carbocycles. The molecule has 3 heteroatoms. The van der Waals surface area contributed by atoms with Gasteiger partial charge in [0.15, 0.2) is 0 Å². The van der Waals surface area contributed by atoms with Crippen LogP contribution in [0.25, 0.3) is 0 Å². The first-order valence-electron chi connectivity index (χ1n) is 6.14. The van der Waals surface area contributed by atoms with Gasteiger partial charge >= 0.3 is 0 Å². The van der Waals surface area contributed by atoms with E-state index < -0.39 is 0 Å². The number of hydrogen-bond donors (Lipinski definition) is 1. The third-order valence-corrected chi connectivity index (χ3v) is 3.54. The van der Waals surface area contributed by atoms with Crippen molar-refractivity contribution in [3.05, 3.63) is 29.8 Å². The molecule has 0 radical (unpaired) electrons. The normalized spacial score (nSPS) is 22.2. The zero-order chi connectivity index (χ0) is 12.3. The topological polar surface area (TPSA) is 52.3 Å². The summed E-state index contributed by atoms with van der Waals surface area (Å²) in [6.45, 7) is 0. The lowest BCUT2D eigenvalue weighted by Crippen LogP contribution is -2.30. The molecule has 0 aromatic heterocycles. The van der Waals surface area contributed by atoms with E-state index in [1.54, 1.807) is 7.11 Å². The standard InChI is InChI=1S/C14H19NO2/c1-17-11-8-6-10(7-9-11)14(15)12-4-2-3-5-13(12)16/h6-9,12,14H,2-5,15H2,1H3/t12-,14+/m0/s1. The lowest BCUT2D eigenvalue weighted by Gasteiger charge is -2.26. The fraction of sp³-hybridized carbons (Fsp3) is 0.500. The predicted octanol–water partition coefficient (Wildman–Crippen LogP) is 2.45. The van der Waals surface area contributed by atoms with E-state index in [1.165, 1.54) is 0 Å². The number of nitrogens with two attached hydrogens (primary N) is 1. The van der Waals surface area contributed by atoms with Gasteiger partial charge in [0.2, 0.25) is 0 Å². The summed E-state index contributed by atoms with van der Waals surface area (Å²) in [6, 6.07) is 7.51. The molecule has 0 spiro atoms. The second-order valence-corrected chi connectivity index (χ2v) is 4.62. The first-order chi connectivity index (χ1) is 8.22. The maximum atomic E-state index is 11.8. The molecule has 2 rings (SSSR count). The van der Waals surface area contributed by atoms with Crippen LogP contribution in [-0.2, 0) is 4.79 Å². The maximum Gasteiger partial charge on any atom is 0.137 e. The van der Waals surface area contributed by atoms with Crippen molar-refractivity contribution in [3.63, 3.8) is 0 Å². The number of carbonyl (C=O) groups is 1. The summed E-state index contributed by atoms with van der Waals surface area (Å²) in [7, 11) is 1.64. The summed E-state index contributed by atoms with van der Waals surface area (Å²) >= 11 is 0. The van der Waals surface area contributed by atoms with Gasteiger partial charge in [0.05, 0.1) is 7.11 Å². The second kappa shape index (κ2) is 5.32. The molecule has 2 atom stereocenters. The molecule has 0 amide bonds. The van der Waals surface area contributed by atoms with Crippen LogP contribution in [0.15, 0.2) is 24.3 Å². The van der Waals surface area contributed by atoms with E-state index in [0.717, 1.165) is 30.6 Å². The highest BCUT2D eigenvalue weighted by Crippen LogP contribution is 2.31. The third-order valence-electron chi connectivity index (χ3n) is 3.54. The van der Waals surface area contributed by atoms with Crippen molar-refractivity contribution in [2.24, 2.45) is 11.7 Å². The van der Waals surface area contributed by atoms with Gasteiger partial charge in [-0.05, 0) is 30.5 Å². The minimum atomic E-state index is -0.172. The molecule has 92 valence electrons. The Labute approximate surface area is 102 Å². The third kappa shape index (κ3) is 2.67. The lowest BCUT2D eigenvalue weighted by molar-refractivity contribution is -0.125. The Morgan fingerprint density at radius 2 is 2.00 bits per heavy atom. The van der Waals surface area contributed by atoms with Gasteiger partial charge in [-0.1, -0.05) is 18.6 Å². The Hall–Kier alpha value is -1.35. The van der Waals surface area contributed by atoms with Crippen LogP contribution in [0.3, 0.4) is 0 Å². The fourth-order valence-electron chi connectivity index (χ4n) is 2.45. The van der Waals surface area contributed by atoms with Crippen molar-refractivity contribution in [2.75, 3.05) is 7.11 Å². The second-order valence-electron chi connectivity index (χ2n) is 4.62. The Kier molecular flexibility index (Phi) is 3.79.